The number of ether oxygens (including phenoxy) is 1. The van der Waals surface area contributed by atoms with Crippen molar-refractivity contribution in [2.45, 2.75) is 4.90 Å². The second-order valence-electron chi connectivity index (χ2n) is 4.93. The van der Waals surface area contributed by atoms with Gasteiger partial charge in [-0.15, -0.1) is 0 Å². The summed E-state index contributed by atoms with van der Waals surface area (Å²) in [4.78, 5) is 12.2. The van der Waals surface area contributed by atoms with Crippen LogP contribution in [-0.4, -0.2) is 32.8 Å². The van der Waals surface area contributed by atoms with Gasteiger partial charge in [-0.25, -0.2) is 17.5 Å². The molecule has 0 N–H and O–H groups in total. The maximum Gasteiger partial charge on any atom is 0.345 e. The van der Waals surface area contributed by atoms with Crippen molar-refractivity contribution in [3.05, 3.63) is 58.6 Å². The van der Waals surface area contributed by atoms with E-state index in [4.69, 9.17) is 21.6 Å². The minimum Gasteiger partial charge on any atom is -0.421 e. The highest BCUT2D eigenvalue weighted by Crippen LogP contribution is 2.25. The van der Waals surface area contributed by atoms with Crippen molar-refractivity contribution in [1.29, 1.82) is 5.26 Å². The minimum atomic E-state index is -3.72. The van der Waals surface area contributed by atoms with Gasteiger partial charge in [0.25, 0.3) is 0 Å². The third-order valence-electron chi connectivity index (χ3n) is 3.15. The van der Waals surface area contributed by atoms with Crippen molar-refractivity contribution in [2.75, 3.05) is 14.1 Å². The Kier molecular flexibility index (Phi) is 5.24. The Morgan fingerprint density at radius 3 is 2.50 bits per heavy atom. The van der Waals surface area contributed by atoms with E-state index in [-0.39, 0.29) is 26.8 Å². The minimum absolute atomic E-state index is 0.0483. The molecule has 24 heavy (non-hydrogen) atoms. The van der Waals surface area contributed by atoms with Gasteiger partial charge < -0.3 is 4.74 Å². The summed E-state index contributed by atoms with van der Waals surface area (Å²) in [7, 11) is -0.961. The van der Waals surface area contributed by atoms with Crippen LogP contribution in [0.25, 0.3) is 0 Å². The first-order chi connectivity index (χ1) is 11.3. The number of carbonyl (C=O) groups is 1. The van der Waals surface area contributed by atoms with Crippen LogP contribution in [0.4, 0.5) is 0 Å². The lowest BCUT2D eigenvalue weighted by Crippen LogP contribution is -2.22. The average Bonchev–Trinajstić information content (AvgIpc) is 2.55. The van der Waals surface area contributed by atoms with Gasteiger partial charge in [-0.2, -0.15) is 5.26 Å². The van der Waals surface area contributed by atoms with E-state index in [1.54, 1.807) is 12.1 Å². The number of nitriles is 1. The molecule has 0 aliphatic rings. The molecule has 0 unspecified atom stereocenters. The van der Waals surface area contributed by atoms with Crippen LogP contribution in [0.1, 0.15) is 15.9 Å². The number of sulfonamides is 1. The number of carbonyl (C=O) groups excluding carboxylic acids is 1. The van der Waals surface area contributed by atoms with Crippen LogP contribution >= 0.6 is 11.6 Å². The molecule has 124 valence electrons. The molecule has 0 aliphatic heterocycles. The average molecular weight is 365 g/mol. The number of hydrogen-bond acceptors (Lipinski definition) is 5. The molecule has 0 spiro atoms. The first kappa shape index (κ1) is 17.9. The quantitative estimate of drug-likeness (QED) is 0.614. The van der Waals surface area contributed by atoms with Crippen molar-refractivity contribution >= 4 is 27.6 Å². The maximum atomic E-state index is 12.3. The fraction of sp³-hybridized carbons (Fsp3) is 0.125. The topological polar surface area (TPSA) is 87.5 Å². The molecule has 0 amide bonds. The number of para-hydroxylation sites is 1. The van der Waals surface area contributed by atoms with Crippen LogP contribution in [0.3, 0.4) is 0 Å². The maximum absolute atomic E-state index is 12.3. The number of nitrogens with zero attached hydrogens (tertiary/aromatic N) is 2. The van der Waals surface area contributed by atoms with Gasteiger partial charge in [0.15, 0.2) is 0 Å². The molecular weight excluding hydrogens is 352 g/mol. The molecule has 0 aliphatic carbocycles. The molecule has 0 saturated carbocycles. The van der Waals surface area contributed by atoms with E-state index < -0.39 is 16.0 Å². The van der Waals surface area contributed by atoms with Gasteiger partial charge in [-0.3, -0.25) is 0 Å². The molecular formula is C16H13ClN2O4S. The Labute approximate surface area is 144 Å². The Morgan fingerprint density at radius 1 is 1.21 bits per heavy atom. The van der Waals surface area contributed by atoms with Crippen molar-refractivity contribution in [3.8, 4) is 11.8 Å². The molecule has 0 radical (unpaired) electrons. The molecule has 0 aromatic heterocycles. The summed E-state index contributed by atoms with van der Waals surface area (Å²) in [5, 5.41) is 9.06. The van der Waals surface area contributed by atoms with Gasteiger partial charge in [-0.05, 0) is 30.3 Å². The van der Waals surface area contributed by atoms with Crippen molar-refractivity contribution < 1.29 is 17.9 Å². The fourth-order valence-electron chi connectivity index (χ4n) is 1.83. The van der Waals surface area contributed by atoms with Crippen molar-refractivity contribution in [2.24, 2.45) is 0 Å². The van der Waals surface area contributed by atoms with Gasteiger partial charge >= 0.3 is 5.97 Å². The Hall–Kier alpha value is -2.40. The monoisotopic (exact) mass is 364 g/mol. The van der Waals surface area contributed by atoms with Gasteiger partial charge in [0.2, 0.25) is 10.0 Å². The molecule has 2 aromatic rings. The Morgan fingerprint density at radius 2 is 1.88 bits per heavy atom. The number of rotatable bonds is 4. The van der Waals surface area contributed by atoms with E-state index in [2.05, 4.69) is 0 Å². The highest BCUT2D eigenvalue weighted by Gasteiger charge is 2.22. The lowest BCUT2D eigenvalue weighted by molar-refractivity contribution is 0.0734. The first-order valence-electron chi connectivity index (χ1n) is 6.70. The van der Waals surface area contributed by atoms with Crippen LogP contribution in [0.5, 0.6) is 5.75 Å². The lowest BCUT2D eigenvalue weighted by atomic mass is 10.2. The number of hydrogen-bond donors (Lipinski definition) is 0. The standard InChI is InChI=1S/C16H13ClN2O4S/c1-19(2)24(21,22)12-7-8-14(17)13(9-12)16(20)23-15-6-4-3-5-11(15)10-18/h3-9H,1-2H3. The Bertz CT molecular complexity index is 933. The molecule has 2 rings (SSSR count). The van der Waals surface area contributed by atoms with E-state index in [0.29, 0.717) is 0 Å². The van der Waals surface area contributed by atoms with Crippen molar-refractivity contribution in [1.82, 2.24) is 4.31 Å². The summed E-state index contributed by atoms with van der Waals surface area (Å²) in [6, 6.07) is 11.9. The predicted octanol–water partition coefficient (Wildman–Crippen LogP) is 2.68. The SMILES string of the molecule is CN(C)S(=O)(=O)c1ccc(Cl)c(C(=O)Oc2ccccc2C#N)c1. The molecule has 2 aromatic carbocycles. The van der Waals surface area contributed by atoms with Crippen LogP contribution < -0.4 is 4.74 Å². The van der Waals surface area contributed by atoms with Gasteiger partial charge in [0.05, 0.1) is 21.0 Å². The molecule has 0 bridgehead atoms. The summed E-state index contributed by atoms with van der Waals surface area (Å²) in [6.07, 6.45) is 0. The van der Waals surface area contributed by atoms with Gasteiger partial charge in [0, 0.05) is 14.1 Å². The summed E-state index contributed by atoms with van der Waals surface area (Å²) in [5.41, 5.74) is 0.0753. The number of benzene rings is 2. The normalized spacial score (nSPS) is 11.1. The zero-order chi connectivity index (χ0) is 17.9. The van der Waals surface area contributed by atoms with E-state index >= 15 is 0 Å². The molecule has 0 fully saturated rings. The highest BCUT2D eigenvalue weighted by atomic mass is 35.5. The van der Waals surface area contributed by atoms with E-state index in [1.165, 1.54) is 38.4 Å². The highest BCUT2D eigenvalue weighted by molar-refractivity contribution is 7.89. The van der Waals surface area contributed by atoms with Gasteiger partial charge in [-0.1, -0.05) is 23.7 Å². The predicted molar refractivity (Wildman–Crippen MR) is 88.4 cm³/mol. The number of esters is 1. The second-order valence-corrected chi connectivity index (χ2v) is 7.49. The molecule has 6 nitrogen and oxygen atoms in total. The lowest BCUT2D eigenvalue weighted by Gasteiger charge is -2.13. The smallest absolute Gasteiger partial charge is 0.345 e. The molecule has 8 heteroatoms. The third-order valence-corrected chi connectivity index (χ3v) is 5.29. The van der Waals surface area contributed by atoms with Gasteiger partial charge in [0.1, 0.15) is 11.8 Å². The third kappa shape index (κ3) is 3.57. The van der Waals surface area contributed by atoms with Crippen LogP contribution in [-0.2, 0) is 10.0 Å². The van der Waals surface area contributed by atoms with Crippen LogP contribution in [0.2, 0.25) is 5.02 Å². The largest absolute Gasteiger partial charge is 0.421 e. The van der Waals surface area contributed by atoms with Crippen LogP contribution in [0, 0.1) is 11.3 Å². The fourth-order valence-corrected chi connectivity index (χ4v) is 2.96. The van der Waals surface area contributed by atoms with E-state index in [1.807, 2.05) is 6.07 Å². The molecule has 0 heterocycles. The summed E-state index contributed by atoms with van der Waals surface area (Å²) in [6.45, 7) is 0. The summed E-state index contributed by atoms with van der Waals surface area (Å²) < 4.78 is 30.5. The Balaban J connectivity index is 2.42. The first-order valence-corrected chi connectivity index (χ1v) is 8.52. The second kappa shape index (κ2) is 7.01. The summed E-state index contributed by atoms with van der Waals surface area (Å²) in [5.74, 6) is -0.777. The van der Waals surface area contributed by atoms with E-state index in [0.717, 1.165) is 10.4 Å². The zero-order valence-electron chi connectivity index (χ0n) is 12.9. The number of halogens is 1. The van der Waals surface area contributed by atoms with Crippen molar-refractivity contribution in [3.63, 3.8) is 0 Å². The zero-order valence-corrected chi connectivity index (χ0v) is 14.4. The summed E-state index contributed by atoms with van der Waals surface area (Å²) >= 11 is 5.99. The molecule has 0 saturated heterocycles. The van der Waals surface area contributed by atoms with Crippen LogP contribution in [0.15, 0.2) is 47.4 Å². The van der Waals surface area contributed by atoms with E-state index in [9.17, 15) is 13.2 Å². The molecule has 0 atom stereocenters.